The smallest absolute Gasteiger partial charge is 0.258 e. The van der Waals surface area contributed by atoms with Gasteiger partial charge in [-0.05, 0) is 18.3 Å². The summed E-state index contributed by atoms with van der Waals surface area (Å²) in [5.41, 5.74) is 6.23. The summed E-state index contributed by atoms with van der Waals surface area (Å²) in [6.07, 6.45) is 1.90. The minimum Gasteiger partial charge on any atom is -0.386 e. The average molecular weight is 170 g/mol. The minimum atomic E-state index is -0.488. The Balaban J connectivity index is 2.20. The van der Waals surface area contributed by atoms with E-state index in [1.54, 1.807) is 0 Å². The van der Waals surface area contributed by atoms with Crippen LogP contribution in [0.25, 0.3) is 0 Å². The highest BCUT2D eigenvalue weighted by Gasteiger charge is 2.32. The van der Waals surface area contributed by atoms with Crippen molar-refractivity contribution in [3.8, 4) is 0 Å². The first kappa shape index (κ1) is 9.03. The molecule has 0 aliphatic heterocycles. The topological polar surface area (TPSA) is 64.7 Å². The predicted octanol–water partition coefficient (Wildman–Crippen LogP) is 0.664. The molecular formula is C8H14N2O2. The molecule has 1 aliphatic carbocycles. The maximum absolute atomic E-state index is 10.2. The highest BCUT2D eigenvalue weighted by Crippen LogP contribution is 2.37. The van der Waals surface area contributed by atoms with Crippen LogP contribution in [0.5, 0.6) is 0 Å². The van der Waals surface area contributed by atoms with Crippen molar-refractivity contribution in [2.24, 2.45) is 16.3 Å². The SMILES string of the molecule is CC1(C)CC(=NOCC(N)=O)C1. The van der Waals surface area contributed by atoms with E-state index in [0.717, 1.165) is 18.6 Å². The summed E-state index contributed by atoms with van der Waals surface area (Å²) in [6, 6.07) is 0. The van der Waals surface area contributed by atoms with E-state index >= 15 is 0 Å². The standard InChI is InChI=1S/C8H14N2O2/c1-8(2)3-6(4-8)10-12-5-7(9)11/h3-5H2,1-2H3,(H2,9,11). The van der Waals surface area contributed by atoms with Crippen LogP contribution in [-0.4, -0.2) is 18.2 Å². The van der Waals surface area contributed by atoms with Gasteiger partial charge in [0.05, 0.1) is 5.71 Å². The first-order valence-corrected chi connectivity index (χ1v) is 3.96. The fourth-order valence-corrected chi connectivity index (χ4v) is 1.30. The van der Waals surface area contributed by atoms with Crippen LogP contribution in [0, 0.1) is 5.41 Å². The van der Waals surface area contributed by atoms with Crippen LogP contribution in [0.4, 0.5) is 0 Å². The van der Waals surface area contributed by atoms with Crippen LogP contribution in [0.3, 0.4) is 0 Å². The summed E-state index contributed by atoms with van der Waals surface area (Å²) in [4.78, 5) is 14.9. The Morgan fingerprint density at radius 3 is 2.67 bits per heavy atom. The third kappa shape index (κ3) is 2.53. The fourth-order valence-electron chi connectivity index (χ4n) is 1.30. The van der Waals surface area contributed by atoms with Gasteiger partial charge < -0.3 is 10.6 Å². The van der Waals surface area contributed by atoms with Gasteiger partial charge in [0.25, 0.3) is 5.91 Å². The molecule has 4 nitrogen and oxygen atoms in total. The highest BCUT2D eigenvalue weighted by molar-refractivity contribution is 5.90. The molecule has 68 valence electrons. The van der Waals surface area contributed by atoms with Gasteiger partial charge in [-0.3, -0.25) is 4.79 Å². The molecule has 0 radical (unpaired) electrons. The number of hydrogen-bond donors (Lipinski definition) is 1. The molecular weight excluding hydrogens is 156 g/mol. The number of hydrogen-bond acceptors (Lipinski definition) is 3. The third-order valence-electron chi connectivity index (χ3n) is 1.77. The van der Waals surface area contributed by atoms with Crippen molar-refractivity contribution in [1.82, 2.24) is 0 Å². The summed E-state index contributed by atoms with van der Waals surface area (Å²) in [7, 11) is 0. The molecule has 0 atom stereocenters. The van der Waals surface area contributed by atoms with Gasteiger partial charge in [0, 0.05) is 0 Å². The van der Waals surface area contributed by atoms with Gasteiger partial charge in [0.15, 0.2) is 6.61 Å². The number of carbonyl (C=O) groups is 1. The Morgan fingerprint density at radius 2 is 2.25 bits per heavy atom. The van der Waals surface area contributed by atoms with E-state index in [0.29, 0.717) is 5.41 Å². The number of carbonyl (C=O) groups excluding carboxylic acids is 1. The van der Waals surface area contributed by atoms with E-state index < -0.39 is 5.91 Å². The maximum atomic E-state index is 10.2. The summed E-state index contributed by atoms with van der Waals surface area (Å²) >= 11 is 0. The summed E-state index contributed by atoms with van der Waals surface area (Å²) in [5.74, 6) is -0.488. The molecule has 0 aromatic carbocycles. The number of amides is 1. The Bertz CT molecular complexity index is 211. The quantitative estimate of drug-likeness (QED) is 0.632. The van der Waals surface area contributed by atoms with Crippen LogP contribution in [0.15, 0.2) is 5.16 Å². The van der Waals surface area contributed by atoms with Crippen molar-refractivity contribution in [2.45, 2.75) is 26.7 Å². The minimum absolute atomic E-state index is 0.121. The van der Waals surface area contributed by atoms with Gasteiger partial charge in [-0.2, -0.15) is 0 Å². The van der Waals surface area contributed by atoms with E-state index in [1.165, 1.54) is 0 Å². The molecule has 1 saturated carbocycles. The Kier molecular flexibility index (Phi) is 2.35. The molecule has 12 heavy (non-hydrogen) atoms. The summed E-state index contributed by atoms with van der Waals surface area (Å²) in [6.45, 7) is 4.21. The van der Waals surface area contributed by atoms with E-state index in [9.17, 15) is 4.79 Å². The monoisotopic (exact) mass is 170 g/mol. The molecule has 1 amide bonds. The van der Waals surface area contributed by atoms with Gasteiger partial charge in [0.1, 0.15) is 0 Å². The lowest BCUT2D eigenvalue weighted by Gasteiger charge is -2.34. The molecule has 0 bridgehead atoms. The number of primary amides is 1. The first-order chi connectivity index (χ1) is 5.49. The van der Waals surface area contributed by atoms with Crippen LogP contribution in [0.1, 0.15) is 26.7 Å². The zero-order valence-electron chi connectivity index (χ0n) is 7.46. The molecule has 0 aromatic rings. The highest BCUT2D eigenvalue weighted by atomic mass is 16.6. The van der Waals surface area contributed by atoms with Gasteiger partial charge in [-0.15, -0.1) is 0 Å². The van der Waals surface area contributed by atoms with Crippen molar-refractivity contribution in [3.05, 3.63) is 0 Å². The van der Waals surface area contributed by atoms with Crippen molar-refractivity contribution in [1.29, 1.82) is 0 Å². The summed E-state index contributed by atoms with van der Waals surface area (Å²) < 4.78 is 0. The Morgan fingerprint density at radius 1 is 1.67 bits per heavy atom. The Labute approximate surface area is 71.8 Å². The van der Waals surface area contributed by atoms with Crippen LogP contribution < -0.4 is 5.73 Å². The van der Waals surface area contributed by atoms with Crippen LogP contribution in [-0.2, 0) is 9.63 Å². The largest absolute Gasteiger partial charge is 0.386 e. The number of rotatable bonds is 3. The molecule has 0 heterocycles. The maximum Gasteiger partial charge on any atom is 0.258 e. The fraction of sp³-hybridized carbons (Fsp3) is 0.750. The van der Waals surface area contributed by atoms with Crippen molar-refractivity contribution < 1.29 is 9.63 Å². The molecule has 0 saturated heterocycles. The molecule has 1 fully saturated rings. The first-order valence-electron chi connectivity index (χ1n) is 3.96. The zero-order valence-corrected chi connectivity index (χ0v) is 7.46. The number of oxime groups is 1. The molecule has 2 N–H and O–H groups in total. The summed E-state index contributed by atoms with van der Waals surface area (Å²) in [5, 5.41) is 3.78. The van der Waals surface area contributed by atoms with Gasteiger partial charge in [-0.25, -0.2) is 0 Å². The van der Waals surface area contributed by atoms with E-state index in [-0.39, 0.29) is 6.61 Å². The lowest BCUT2D eigenvalue weighted by Crippen LogP contribution is -2.32. The van der Waals surface area contributed by atoms with Gasteiger partial charge >= 0.3 is 0 Å². The predicted molar refractivity (Wildman–Crippen MR) is 45.6 cm³/mol. The second-order valence-electron chi connectivity index (χ2n) is 3.92. The lowest BCUT2D eigenvalue weighted by molar-refractivity contribution is -0.122. The second kappa shape index (κ2) is 3.13. The molecule has 0 unspecified atom stereocenters. The number of nitrogens with zero attached hydrogens (tertiary/aromatic N) is 1. The second-order valence-corrected chi connectivity index (χ2v) is 3.92. The van der Waals surface area contributed by atoms with Crippen LogP contribution in [0.2, 0.25) is 0 Å². The van der Waals surface area contributed by atoms with Crippen molar-refractivity contribution >= 4 is 11.6 Å². The molecule has 0 spiro atoms. The van der Waals surface area contributed by atoms with Crippen LogP contribution >= 0.6 is 0 Å². The molecule has 1 aliphatic rings. The number of nitrogens with two attached hydrogens (primary N) is 1. The molecule has 1 rings (SSSR count). The van der Waals surface area contributed by atoms with E-state index in [1.807, 2.05) is 0 Å². The van der Waals surface area contributed by atoms with Crippen molar-refractivity contribution in [2.75, 3.05) is 6.61 Å². The lowest BCUT2D eigenvalue weighted by atomic mass is 9.71. The molecule has 0 aromatic heterocycles. The normalized spacial score (nSPS) is 19.7. The third-order valence-corrected chi connectivity index (χ3v) is 1.77. The zero-order chi connectivity index (χ0) is 9.19. The van der Waals surface area contributed by atoms with E-state index in [2.05, 4.69) is 19.0 Å². The van der Waals surface area contributed by atoms with E-state index in [4.69, 9.17) is 10.6 Å². The Hall–Kier alpha value is -1.06. The molecule has 4 heteroatoms. The average Bonchev–Trinajstić information content (AvgIpc) is 1.82. The van der Waals surface area contributed by atoms with Crippen molar-refractivity contribution in [3.63, 3.8) is 0 Å². The van der Waals surface area contributed by atoms with Gasteiger partial charge in [0.2, 0.25) is 0 Å². The van der Waals surface area contributed by atoms with Gasteiger partial charge in [-0.1, -0.05) is 19.0 Å².